The van der Waals surface area contributed by atoms with Gasteiger partial charge in [0.25, 0.3) is 0 Å². The number of anilines is 1. The van der Waals surface area contributed by atoms with Crippen LogP contribution in [0.3, 0.4) is 0 Å². The van der Waals surface area contributed by atoms with Crippen molar-refractivity contribution in [2.24, 2.45) is 5.73 Å². The first-order valence-electron chi connectivity index (χ1n) is 4.98. The summed E-state index contributed by atoms with van der Waals surface area (Å²) in [6.45, 7) is 3.02. The van der Waals surface area contributed by atoms with Gasteiger partial charge in [0.2, 0.25) is 0 Å². The molecule has 4 heteroatoms. The fourth-order valence-electron chi connectivity index (χ4n) is 1.59. The number of hydrogen-bond donors (Lipinski definition) is 1. The first-order chi connectivity index (χ1) is 7.18. The minimum absolute atomic E-state index is 0.0181. The van der Waals surface area contributed by atoms with E-state index in [0.717, 1.165) is 11.3 Å². The van der Waals surface area contributed by atoms with Crippen LogP contribution in [-0.4, -0.2) is 19.2 Å². The van der Waals surface area contributed by atoms with Gasteiger partial charge >= 0.3 is 6.09 Å². The fourth-order valence-corrected chi connectivity index (χ4v) is 1.59. The quantitative estimate of drug-likeness (QED) is 0.800. The average molecular weight is 206 g/mol. The van der Waals surface area contributed by atoms with Crippen LogP contribution < -0.4 is 10.6 Å². The molecule has 1 aromatic carbocycles. The molecule has 1 fully saturated rings. The zero-order valence-corrected chi connectivity index (χ0v) is 8.64. The normalized spacial score (nSPS) is 17.7. The van der Waals surface area contributed by atoms with Crippen LogP contribution in [0.1, 0.15) is 18.5 Å². The summed E-state index contributed by atoms with van der Waals surface area (Å²) in [5.74, 6) is 0. The van der Waals surface area contributed by atoms with Gasteiger partial charge in [-0.2, -0.15) is 0 Å². The van der Waals surface area contributed by atoms with Crippen molar-refractivity contribution in [3.8, 4) is 0 Å². The summed E-state index contributed by atoms with van der Waals surface area (Å²) in [6.07, 6.45) is -0.274. The Bertz CT molecular complexity index is 359. The number of carbonyl (C=O) groups is 1. The topological polar surface area (TPSA) is 55.6 Å². The maximum absolute atomic E-state index is 11.3. The Morgan fingerprint density at radius 2 is 2.07 bits per heavy atom. The number of amides is 1. The molecule has 0 aromatic heterocycles. The Balaban J connectivity index is 2.19. The molecule has 1 amide bonds. The molecule has 1 heterocycles. The van der Waals surface area contributed by atoms with Gasteiger partial charge in [0.05, 0.1) is 6.54 Å². The molecule has 0 saturated carbocycles. The van der Waals surface area contributed by atoms with Gasteiger partial charge in [-0.3, -0.25) is 4.90 Å². The number of rotatable bonds is 2. The molecule has 1 unspecified atom stereocenters. The van der Waals surface area contributed by atoms with Gasteiger partial charge in [0.1, 0.15) is 6.61 Å². The van der Waals surface area contributed by atoms with Crippen LogP contribution in [0, 0.1) is 0 Å². The Morgan fingerprint density at radius 3 is 2.53 bits per heavy atom. The zero-order valence-electron chi connectivity index (χ0n) is 8.64. The van der Waals surface area contributed by atoms with Gasteiger partial charge in [0.15, 0.2) is 0 Å². The molecule has 0 bridgehead atoms. The lowest BCUT2D eigenvalue weighted by Crippen LogP contribution is -2.23. The Hall–Kier alpha value is -1.55. The molecular formula is C11H14N2O2. The molecule has 2 N–H and O–H groups in total. The van der Waals surface area contributed by atoms with Crippen molar-refractivity contribution in [2.45, 2.75) is 13.0 Å². The fraction of sp³-hybridized carbons (Fsp3) is 0.364. The summed E-state index contributed by atoms with van der Waals surface area (Å²) in [4.78, 5) is 12.9. The average Bonchev–Trinajstić information content (AvgIpc) is 2.65. The number of hydrogen-bond acceptors (Lipinski definition) is 3. The molecule has 0 radical (unpaired) electrons. The van der Waals surface area contributed by atoms with Gasteiger partial charge in [0, 0.05) is 11.7 Å². The SMILES string of the molecule is CC(N)c1ccc(N2CCOC2=O)cc1. The van der Waals surface area contributed by atoms with Crippen LogP contribution in [0.2, 0.25) is 0 Å². The van der Waals surface area contributed by atoms with Gasteiger partial charge in [-0.25, -0.2) is 4.79 Å². The third-order valence-electron chi connectivity index (χ3n) is 2.49. The molecule has 2 rings (SSSR count). The van der Waals surface area contributed by atoms with Crippen LogP contribution in [0.25, 0.3) is 0 Å². The van der Waals surface area contributed by atoms with Crippen molar-refractivity contribution in [1.29, 1.82) is 0 Å². The van der Waals surface area contributed by atoms with Gasteiger partial charge in [-0.15, -0.1) is 0 Å². The summed E-state index contributed by atoms with van der Waals surface area (Å²) < 4.78 is 4.86. The second-order valence-electron chi connectivity index (χ2n) is 3.65. The molecular weight excluding hydrogens is 192 g/mol. The molecule has 1 aliphatic rings. The van der Waals surface area contributed by atoms with Crippen LogP contribution in [0.15, 0.2) is 24.3 Å². The van der Waals surface area contributed by atoms with E-state index in [4.69, 9.17) is 10.5 Å². The largest absolute Gasteiger partial charge is 0.447 e. The third kappa shape index (κ3) is 1.94. The number of cyclic esters (lactones) is 1. The molecule has 4 nitrogen and oxygen atoms in total. The second kappa shape index (κ2) is 3.90. The standard InChI is InChI=1S/C11H14N2O2/c1-8(12)9-2-4-10(5-3-9)13-6-7-15-11(13)14/h2-5,8H,6-7,12H2,1H3. The molecule has 0 spiro atoms. The number of carbonyl (C=O) groups excluding carboxylic acids is 1. The minimum Gasteiger partial charge on any atom is -0.447 e. The zero-order chi connectivity index (χ0) is 10.8. The van der Waals surface area contributed by atoms with E-state index in [-0.39, 0.29) is 12.1 Å². The van der Waals surface area contributed by atoms with E-state index in [0.29, 0.717) is 13.2 Å². The van der Waals surface area contributed by atoms with Crippen molar-refractivity contribution < 1.29 is 9.53 Å². The smallest absolute Gasteiger partial charge is 0.414 e. The first kappa shape index (κ1) is 9.98. The molecule has 1 atom stereocenters. The lowest BCUT2D eigenvalue weighted by Gasteiger charge is -2.13. The van der Waals surface area contributed by atoms with Gasteiger partial charge in [-0.05, 0) is 24.6 Å². The molecule has 15 heavy (non-hydrogen) atoms. The Kier molecular flexibility index (Phi) is 2.60. The number of ether oxygens (including phenoxy) is 1. The monoisotopic (exact) mass is 206 g/mol. The van der Waals surface area contributed by atoms with Crippen LogP contribution >= 0.6 is 0 Å². The predicted molar refractivity (Wildman–Crippen MR) is 57.7 cm³/mol. The van der Waals surface area contributed by atoms with Crippen LogP contribution in [-0.2, 0) is 4.74 Å². The molecule has 0 aliphatic carbocycles. The lowest BCUT2D eigenvalue weighted by atomic mass is 10.1. The minimum atomic E-state index is -0.274. The van der Waals surface area contributed by atoms with E-state index in [2.05, 4.69) is 0 Å². The third-order valence-corrected chi connectivity index (χ3v) is 2.49. The first-order valence-corrected chi connectivity index (χ1v) is 4.98. The highest BCUT2D eigenvalue weighted by atomic mass is 16.6. The van der Waals surface area contributed by atoms with Crippen LogP contribution in [0.5, 0.6) is 0 Å². The summed E-state index contributed by atoms with van der Waals surface area (Å²) >= 11 is 0. The lowest BCUT2D eigenvalue weighted by molar-refractivity contribution is 0.181. The Labute approximate surface area is 88.6 Å². The highest BCUT2D eigenvalue weighted by molar-refractivity contribution is 5.89. The van der Waals surface area contributed by atoms with Crippen molar-refractivity contribution in [2.75, 3.05) is 18.1 Å². The second-order valence-corrected chi connectivity index (χ2v) is 3.65. The number of nitrogens with zero attached hydrogens (tertiary/aromatic N) is 1. The highest BCUT2D eigenvalue weighted by Crippen LogP contribution is 2.20. The van der Waals surface area contributed by atoms with Gasteiger partial charge < -0.3 is 10.5 Å². The van der Waals surface area contributed by atoms with Crippen LogP contribution in [0.4, 0.5) is 10.5 Å². The maximum atomic E-state index is 11.3. The van der Waals surface area contributed by atoms with E-state index in [1.165, 1.54) is 0 Å². The van der Waals surface area contributed by atoms with E-state index < -0.39 is 0 Å². The number of nitrogens with two attached hydrogens (primary N) is 1. The van der Waals surface area contributed by atoms with E-state index in [9.17, 15) is 4.79 Å². The highest BCUT2D eigenvalue weighted by Gasteiger charge is 2.23. The maximum Gasteiger partial charge on any atom is 0.414 e. The summed E-state index contributed by atoms with van der Waals surface area (Å²) in [7, 11) is 0. The van der Waals surface area contributed by atoms with Crippen molar-refractivity contribution in [1.82, 2.24) is 0 Å². The molecule has 1 aliphatic heterocycles. The molecule has 80 valence electrons. The van der Waals surface area contributed by atoms with E-state index in [1.54, 1.807) is 4.90 Å². The predicted octanol–water partition coefficient (Wildman–Crippen LogP) is 1.66. The van der Waals surface area contributed by atoms with Crippen molar-refractivity contribution in [3.63, 3.8) is 0 Å². The number of benzene rings is 1. The summed E-state index contributed by atoms with van der Waals surface area (Å²) in [6, 6.07) is 7.68. The summed E-state index contributed by atoms with van der Waals surface area (Å²) in [5.41, 5.74) is 7.66. The van der Waals surface area contributed by atoms with Crippen molar-refractivity contribution in [3.05, 3.63) is 29.8 Å². The molecule has 1 saturated heterocycles. The van der Waals surface area contributed by atoms with E-state index in [1.807, 2.05) is 31.2 Å². The van der Waals surface area contributed by atoms with Gasteiger partial charge in [-0.1, -0.05) is 12.1 Å². The molecule has 1 aromatic rings. The van der Waals surface area contributed by atoms with E-state index >= 15 is 0 Å². The Morgan fingerprint density at radius 1 is 1.40 bits per heavy atom. The summed E-state index contributed by atoms with van der Waals surface area (Å²) in [5, 5.41) is 0. The van der Waals surface area contributed by atoms with Crippen molar-refractivity contribution >= 4 is 11.8 Å².